The Bertz CT molecular complexity index is 1140. The number of benzene rings is 3. The standard InChI is InChI=1S/C21H14F2N4O2/c22-15-10-16(23)12-18(11-15)25-21(28)24-17-8-4-7-14(9-17)20-27-26-19(29-20)13-5-2-1-3-6-13/h1-12H,(H2,24,25,28). The molecule has 0 fully saturated rings. The van der Waals surface area contributed by atoms with E-state index in [-0.39, 0.29) is 5.69 Å². The number of nitrogens with one attached hydrogen (secondary N) is 2. The van der Waals surface area contributed by atoms with Gasteiger partial charge in [-0.2, -0.15) is 0 Å². The van der Waals surface area contributed by atoms with Gasteiger partial charge in [-0.05, 0) is 42.5 Å². The van der Waals surface area contributed by atoms with E-state index in [1.165, 1.54) is 0 Å². The van der Waals surface area contributed by atoms with E-state index in [1.807, 2.05) is 30.3 Å². The third-order valence-electron chi connectivity index (χ3n) is 3.93. The van der Waals surface area contributed by atoms with Gasteiger partial charge >= 0.3 is 6.03 Å². The van der Waals surface area contributed by atoms with E-state index in [2.05, 4.69) is 20.8 Å². The van der Waals surface area contributed by atoms with Gasteiger partial charge in [-0.3, -0.25) is 0 Å². The fourth-order valence-corrected chi connectivity index (χ4v) is 2.69. The predicted molar refractivity (Wildman–Crippen MR) is 104 cm³/mol. The summed E-state index contributed by atoms with van der Waals surface area (Å²) >= 11 is 0. The van der Waals surface area contributed by atoms with Crippen molar-refractivity contribution in [2.45, 2.75) is 0 Å². The fourth-order valence-electron chi connectivity index (χ4n) is 2.69. The van der Waals surface area contributed by atoms with Crippen LogP contribution in [0.5, 0.6) is 0 Å². The number of hydrogen-bond acceptors (Lipinski definition) is 4. The highest BCUT2D eigenvalue weighted by Gasteiger charge is 2.12. The van der Waals surface area contributed by atoms with E-state index < -0.39 is 17.7 Å². The largest absolute Gasteiger partial charge is 0.416 e. The Labute approximate surface area is 164 Å². The van der Waals surface area contributed by atoms with Crippen LogP contribution in [0.15, 0.2) is 77.2 Å². The van der Waals surface area contributed by atoms with Crippen LogP contribution in [0, 0.1) is 11.6 Å². The molecular formula is C21H14F2N4O2. The number of carbonyl (C=O) groups is 1. The lowest BCUT2D eigenvalue weighted by molar-refractivity contribution is 0.262. The molecular weight excluding hydrogens is 378 g/mol. The molecule has 1 aromatic heterocycles. The second kappa shape index (κ2) is 7.89. The van der Waals surface area contributed by atoms with E-state index in [0.717, 1.165) is 23.8 Å². The van der Waals surface area contributed by atoms with E-state index >= 15 is 0 Å². The van der Waals surface area contributed by atoms with Crippen molar-refractivity contribution in [3.8, 4) is 22.9 Å². The van der Waals surface area contributed by atoms with Crippen molar-refractivity contribution in [2.24, 2.45) is 0 Å². The van der Waals surface area contributed by atoms with E-state index in [1.54, 1.807) is 24.3 Å². The number of amides is 2. The molecule has 2 amide bonds. The molecule has 0 radical (unpaired) electrons. The maximum Gasteiger partial charge on any atom is 0.323 e. The molecule has 2 N–H and O–H groups in total. The first-order chi connectivity index (χ1) is 14.1. The number of halogens is 2. The topological polar surface area (TPSA) is 80.0 Å². The number of rotatable bonds is 4. The van der Waals surface area contributed by atoms with Gasteiger partial charge in [-0.1, -0.05) is 24.3 Å². The molecule has 6 nitrogen and oxygen atoms in total. The Balaban J connectivity index is 1.49. The Morgan fingerprint density at radius 1 is 0.724 bits per heavy atom. The monoisotopic (exact) mass is 392 g/mol. The van der Waals surface area contributed by atoms with Gasteiger partial charge in [0.2, 0.25) is 11.8 Å². The highest BCUT2D eigenvalue weighted by Crippen LogP contribution is 2.25. The summed E-state index contributed by atoms with van der Waals surface area (Å²) in [6.07, 6.45) is 0. The molecule has 0 aliphatic rings. The zero-order valence-electron chi connectivity index (χ0n) is 14.9. The number of urea groups is 1. The molecule has 0 saturated carbocycles. The van der Waals surface area contributed by atoms with Crippen LogP contribution in [0.3, 0.4) is 0 Å². The van der Waals surface area contributed by atoms with Crippen LogP contribution >= 0.6 is 0 Å². The van der Waals surface area contributed by atoms with Gasteiger partial charge in [0.05, 0.1) is 0 Å². The summed E-state index contributed by atoms with van der Waals surface area (Å²) in [7, 11) is 0. The SMILES string of the molecule is O=C(Nc1cc(F)cc(F)c1)Nc1cccc(-c2nnc(-c3ccccc3)o2)c1. The Morgan fingerprint density at radius 3 is 2.07 bits per heavy atom. The summed E-state index contributed by atoms with van der Waals surface area (Å²) < 4.78 is 32.2. The predicted octanol–water partition coefficient (Wildman–Crippen LogP) is 5.33. The first kappa shape index (κ1) is 18.3. The van der Waals surface area contributed by atoms with E-state index in [9.17, 15) is 13.6 Å². The normalized spacial score (nSPS) is 10.6. The number of carbonyl (C=O) groups excluding carboxylic acids is 1. The van der Waals surface area contributed by atoms with E-state index in [0.29, 0.717) is 23.0 Å². The van der Waals surface area contributed by atoms with Crippen molar-refractivity contribution >= 4 is 17.4 Å². The summed E-state index contributed by atoms with van der Waals surface area (Å²) in [6, 6.07) is 18.2. The van der Waals surface area contributed by atoms with Gasteiger partial charge in [0.1, 0.15) is 11.6 Å². The first-order valence-corrected chi connectivity index (χ1v) is 8.60. The molecule has 4 rings (SSSR count). The highest BCUT2D eigenvalue weighted by molar-refractivity contribution is 6.00. The average Bonchev–Trinajstić information content (AvgIpc) is 3.18. The zero-order valence-corrected chi connectivity index (χ0v) is 14.9. The molecule has 0 saturated heterocycles. The minimum Gasteiger partial charge on any atom is -0.416 e. The van der Waals surface area contributed by atoms with Crippen LogP contribution in [-0.4, -0.2) is 16.2 Å². The van der Waals surface area contributed by atoms with Crippen molar-refractivity contribution in [1.29, 1.82) is 0 Å². The van der Waals surface area contributed by atoms with Crippen molar-refractivity contribution < 1.29 is 18.0 Å². The minimum atomic E-state index is -0.784. The van der Waals surface area contributed by atoms with Crippen molar-refractivity contribution in [2.75, 3.05) is 10.6 Å². The van der Waals surface area contributed by atoms with Crippen LogP contribution in [0.2, 0.25) is 0 Å². The molecule has 0 aliphatic heterocycles. The van der Waals surface area contributed by atoms with Crippen LogP contribution in [0.25, 0.3) is 22.9 Å². The Hall–Kier alpha value is -4.07. The van der Waals surface area contributed by atoms with Gasteiger partial charge in [0.25, 0.3) is 0 Å². The van der Waals surface area contributed by atoms with Crippen LogP contribution in [0.4, 0.5) is 25.0 Å². The minimum absolute atomic E-state index is 0.000517. The quantitative estimate of drug-likeness (QED) is 0.492. The molecule has 8 heteroatoms. The summed E-state index contributed by atoms with van der Waals surface area (Å²) in [5.74, 6) is -0.897. The van der Waals surface area contributed by atoms with Crippen molar-refractivity contribution in [3.63, 3.8) is 0 Å². The lowest BCUT2D eigenvalue weighted by atomic mass is 10.2. The van der Waals surface area contributed by atoms with Crippen molar-refractivity contribution in [3.05, 3.63) is 84.4 Å². The maximum absolute atomic E-state index is 13.2. The molecule has 4 aromatic rings. The maximum atomic E-state index is 13.2. The summed E-state index contributed by atoms with van der Waals surface area (Å²) in [4.78, 5) is 12.1. The third-order valence-corrected chi connectivity index (χ3v) is 3.93. The van der Waals surface area contributed by atoms with Crippen LogP contribution < -0.4 is 10.6 Å². The third kappa shape index (κ3) is 4.44. The lowest BCUT2D eigenvalue weighted by Gasteiger charge is -2.08. The smallest absolute Gasteiger partial charge is 0.323 e. The van der Waals surface area contributed by atoms with Gasteiger partial charge in [0, 0.05) is 28.6 Å². The molecule has 29 heavy (non-hydrogen) atoms. The van der Waals surface area contributed by atoms with Gasteiger partial charge in [0.15, 0.2) is 0 Å². The molecule has 0 atom stereocenters. The molecule has 0 spiro atoms. The van der Waals surface area contributed by atoms with E-state index in [4.69, 9.17) is 4.42 Å². The number of hydrogen-bond donors (Lipinski definition) is 2. The van der Waals surface area contributed by atoms with Gasteiger partial charge in [-0.25, -0.2) is 13.6 Å². The zero-order chi connectivity index (χ0) is 20.2. The van der Waals surface area contributed by atoms with Gasteiger partial charge < -0.3 is 15.1 Å². The highest BCUT2D eigenvalue weighted by atomic mass is 19.1. The van der Waals surface area contributed by atoms with Gasteiger partial charge in [-0.15, -0.1) is 10.2 Å². The Morgan fingerprint density at radius 2 is 1.34 bits per heavy atom. The van der Waals surface area contributed by atoms with Crippen LogP contribution in [0.1, 0.15) is 0 Å². The lowest BCUT2D eigenvalue weighted by Crippen LogP contribution is -2.19. The second-order valence-electron chi connectivity index (χ2n) is 6.10. The number of aromatic nitrogens is 2. The molecule has 0 unspecified atom stereocenters. The van der Waals surface area contributed by atoms with Crippen LogP contribution in [-0.2, 0) is 0 Å². The molecule has 0 aliphatic carbocycles. The summed E-state index contributed by atoms with van der Waals surface area (Å²) in [6.45, 7) is 0. The summed E-state index contributed by atoms with van der Waals surface area (Å²) in [5, 5.41) is 13.0. The first-order valence-electron chi connectivity index (χ1n) is 8.60. The van der Waals surface area contributed by atoms with Crippen molar-refractivity contribution in [1.82, 2.24) is 10.2 Å². The molecule has 3 aromatic carbocycles. The molecule has 144 valence electrons. The fraction of sp³-hybridized carbons (Fsp3) is 0. The second-order valence-corrected chi connectivity index (χ2v) is 6.10. The molecule has 1 heterocycles. The summed E-state index contributed by atoms with van der Waals surface area (Å²) in [5.41, 5.74) is 1.84. The average molecular weight is 392 g/mol. The Kier molecular flexibility index (Phi) is 4.98. The molecule has 0 bridgehead atoms. The number of nitrogens with zero attached hydrogens (tertiary/aromatic N) is 2. The number of anilines is 2.